The molecule has 1 amide bonds. The number of aryl methyl sites for hydroxylation is 1. The zero-order valence-electron chi connectivity index (χ0n) is 11.2. The summed E-state index contributed by atoms with van der Waals surface area (Å²) in [6.07, 6.45) is 0.795. The van der Waals surface area contributed by atoms with Gasteiger partial charge in [0.2, 0.25) is 0 Å². The van der Waals surface area contributed by atoms with Crippen molar-refractivity contribution in [2.45, 2.75) is 13.3 Å². The molecule has 0 atom stereocenters. The lowest BCUT2D eigenvalue weighted by Crippen LogP contribution is -2.25. The van der Waals surface area contributed by atoms with Gasteiger partial charge in [-0.2, -0.15) is 0 Å². The maximum Gasteiger partial charge on any atom is 0.251 e. The van der Waals surface area contributed by atoms with Gasteiger partial charge in [-0.15, -0.1) is 0 Å². The summed E-state index contributed by atoms with van der Waals surface area (Å²) in [5.41, 5.74) is 2.90. The monoisotopic (exact) mass is 381 g/mol. The van der Waals surface area contributed by atoms with Gasteiger partial charge in [0.05, 0.1) is 3.57 Å². The number of benzene rings is 2. The molecular weight excluding hydrogens is 365 g/mol. The van der Waals surface area contributed by atoms with Crippen LogP contribution in [-0.4, -0.2) is 17.6 Å². The fourth-order valence-electron chi connectivity index (χ4n) is 1.94. The lowest BCUT2D eigenvalue weighted by atomic mass is 10.1. The van der Waals surface area contributed by atoms with Crippen LogP contribution in [0.25, 0.3) is 0 Å². The molecule has 0 bridgehead atoms. The number of phenolic OH excluding ortho intramolecular Hbond substituents is 1. The number of carbonyl (C=O) groups excluding carboxylic acids is 1. The third kappa shape index (κ3) is 3.96. The molecule has 0 aliphatic heterocycles. The van der Waals surface area contributed by atoms with Gasteiger partial charge < -0.3 is 10.4 Å². The van der Waals surface area contributed by atoms with Crippen LogP contribution in [0.1, 0.15) is 21.5 Å². The molecule has 0 aliphatic carbocycles. The van der Waals surface area contributed by atoms with Crippen molar-refractivity contribution in [1.82, 2.24) is 5.32 Å². The Morgan fingerprint density at radius 2 is 2.05 bits per heavy atom. The van der Waals surface area contributed by atoms with Crippen LogP contribution in [-0.2, 0) is 6.42 Å². The van der Waals surface area contributed by atoms with E-state index in [1.165, 1.54) is 17.2 Å². The molecule has 0 radical (unpaired) electrons. The molecule has 20 heavy (non-hydrogen) atoms. The first-order chi connectivity index (χ1) is 9.56. The first-order valence-electron chi connectivity index (χ1n) is 6.38. The number of rotatable bonds is 4. The Hall–Kier alpha value is -1.56. The number of hydrogen-bond acceptors (Lipinski definition) is 2. The zero-order valence-corrected chi connectivity index (χ0v) is 13.3. The minimum atomic E-state index is -0.163. The van der Waals surface area contributed by atoms with Crippen molar-refractivity contribution in [3.05, 3.63) is 62.7 Å². The van der Waals surface area contributed by atoms with Crippen LogP contribution in [0.15, 0.2) is 42.5 Å². The summed E-state index contributed by atoms with van der Waals surface area (Å²) >= 11 is 2.02. The van der Waals surface area contributed by atoms with E-state index < -0.39 is 0 Å². The summed E-state index contributed by atoms with van der Waals surface area (Å²) in [7, 11) is 0. The molecular formula is C16H16INO2. The predicted molar refractivity (Wildman–Crippen MR) is 88.0 cm³/mol. The average molecular weight is 381 g/mol. The second-order valence-corrected chi connectivity index (χ2v) is 5.82. The summed E-state index contributed by atoms with van der Waals surface area (Å²) in [4.78, 5) is 11.9. The normalized spacial score (nSPS) is 10.3. The molecule has 4 heteroatoms. The van der Waals surface area contributed by atoms with Crippen molar-refractivity contribution in [3.8, 4) is 5.75 Å². The molecule has 0 saturated heterocycles. The van der Waals surface area contributed by atoms with Crippen LogP contribution in [0.4, 0.5) is 0 Å². The Kier molecular flexibility index (Phi) is 5.00. The summed E-state index contributed by atoms with van der Waals surface area (Å²) in [6.45, 7) is 2.63. The van der Waals surface area contributed by atoms with Gasteiger partial charge in [-0.1, -0.05) is 29.8 Å². The van der Waals surface area contributed by atoms with Gasteiger partial charge in [-0.3, -0.25) is 4.79 Å². The average Bonchev–Trinajstić information content (AvgIpc) is 2.42. The molecule has 0 fully saturated rings. The second-order valence-electron chi connectivity index (χ2n) is 4.66. The minimum absolute atomic E-state index is 0.136. The van der Waals surface area contributed by atoms with Crippen molar-refractivity contribution < 1.29 is 9.90 Å². The molecule has 0 heterocycles. The Morgan fingerprint density at radius 1 is 1.25 bits per heavy atom. The first kappa shape index (κ1) is 14.8. The number of halogens is 1. The molecule has 2 rings (SSSR count). The van der Waals surface area contributed by atoms with E-state index in [0.717, 1.165) is 9.99 Å². The number of carbonyl (C=O) groups is 1. The maximum absolute atomic E-state index is 11.9. The molecule has 0 saturated carbocycles. The Morgan fingerprint density at radius 3 is 2.75 bits per heavy atom. The first-order valence-corrected chi connectivity index (χ1v) is 7.46. The fraction of sp³-hybridized carbons (Fsp3) is 0.188. The zero-order chi connectivity index (χ0) is 14.5. The number of hydrogen-bond donors (Lipinski definition) is 2. The van der Waals surface area contributed by atoms with E-state index in [4.69, 9.17) is 0 Å². The topological polar surface area (TPSA) is 49.3 Å². The van der Waals surface area contributed by atoms with Crippen molar-refractivity contribution in [2.75, 3.05) is 6.54 Å². The molecule has 0 unspecified atom stereocenters. The summed E-state index contributed by atoms with van der Waals surface area (Å²) < 4.78 is 0.735. The third-order valence-electron chi connectivity index (χ3n) is 2.99. The van der Waals surface area contributed by atoms with Gasteiger partial charge in [-0.25, -0.2) is 0 Å². The van der Waals surface area contributed by atoms with Crippen molar-refractivity contribution in [3.63, 3.8) is 0 Å². The number of phenols is 1. The largest absolute Gasteiger partial charge is 0.507 e. The third-order valence-corrected chi connectivity index (χ3v) is 3.90. The molecule has 2 aromatic rings. The fourth-order valence-corrected chi connectivity index (χ4v) is 2.28. The molecule has 0 aliphatic rings. The Balaban J connectivity index is 1.90. The Labute approximate surface area is 132 Å². The van der Waals surface area contributed by atoms with Crippen LogP contribution < -0.4 is 5.32 Å². The van der Waals surface area contributed by atoms with Gasteiger partial charge in [-0.05, 0) is 59.7 Å². The van der Waals surface area contributed by atoms with Crippen LogP contribution in [0, 0.1) is 10.5 Å². The number of nitrogens with one attached hydrogen (secondary N) is 1. The quantitative estimate of drug-likeness (QED) is 0.799. The summed E-state index contributed by atoms with van der Waals surface area (Å²) in [5.74, 6) is -0.0266. The van der Waals surface area contributed by atoms with Crippen molar-refractivity contribution in [2.24, 2.45) is 0 Å². The van der Waals surface area contributed by atoms with Gasteiger partial charge in [0.1, 0.15) is 5.75 Å². The van der Waals surface area contributed by atoms with Crippen LogP contribution in [0.3, 0.4) is 0 Å². The van der Waals surface area contributed by atoms with E-state index in [-0.39, 0.29) is 11.7 Å². The molecule has 3 nitrogen and oxygen atoms in total. The van der Waals surface area contributed by atoms with Crippen molar-refractivity contribution in [1.29, 1.82) is 0 Å². The molecule has 0 aromatic heterocycles. The van der Waals surface area contributed by atoms with Gasteiger partial charge in [0, 0.05) is 12.1 Å². The van der Waals surface area contributed by atoms with Crippen LogP contribution in [0.5, 0.6) is 5.75 Å². The molecule has 0 spiro atoms. The van der Waals surface area contributed by atoms with Crippen LogP contribution >= 0.6 is 22.6 Å². The van der Waals surface area contributed by atoms with Gasteiger partial charge in [0.15, 0.2) is 0 Å². The predicted octanol–water partition coefficient (Wildman–Crippen LogP) is 3.28. The highest BCUT2D eigenvalue weighted by atomic mass is 127. The van der Waals surface area contributed by atoms with Gasteiger partial charge >= 0.3 is 0 Å². The lowest BCUT2D eigenvalue weighted by molar-refractivity contribution is 0.0953. The smallest absolute Gasteiger partial charge is 0.251 e. The second kappa shape index (κ2) is 6.74. The maximum atomic E-state index is 11.9. The highest BCUT2D eigenvalue weighted by Crippen LogP contribution is 2.20. The minimum Gasteiger partial charge on any atom is -0.507 e. The molecule has 2 N–H and O–H groups in total. The Bertz CT molecular complexity index is 626. The molecule has 2 aromatic carbocycles. The summed E-state index contributed by atoms with van der Waals surface area (Å²) in [5, 5.41) is 12.5. The van der Waals surface area contributed by atoms with E-state index in [0.29, 0.717) is 12.1 Å². The van der Waals surface area contributed by atoms with E-state index in [1.807, 2.05) is 28.7 Å². The number of aromatic hydroxyl groups is 1. The highest BCUT2D eigenvalue weighted by Gasteiger charge is 2.07. The van der Waals surface area contributed by atoms with E-state index >= 15 is 0 Å². The SMILES string of the molecule is Cc1cccc(CCNC(=O)c2ccc(I)c(O)c2)c1. The lowest BCUT2D eigenvalue weighted by Gasteiger charge is -2.07. The van der Waals surface area contributed by atoms with E-state index in [9.17, 15) is 9.90 Å². The molecule has 104 valence electrons. The highest BCUT2D eigenvalue weighted by molar-refractivity contribution is 14.1. The number of amides is 1. The standard InChI is InChI=1S/C16H16INO2/c1-11-3-2-4-12(9-11)7-8-18-16(20)13-5-6-14(17)15(19)10-13/h2-6,9-10,19H,7-8H2,1H3,(H,18,20). The van der Waals surface area contributed by atoms with Crippen LogP contribution in [0.2, 0.25) is 0 Å². The van der Waals surface area contributed by atoms with E-state index in [1.54, 1.807) is 12.1 Å². The van der Waals surface area contributed by atoms with Crippen molar-refractivity contribution >= 4 is 28.5 Å². The van der Waals surface area contributed by atoms with Gasteiger partial charge in [0.25, 0.3) is 5.91 Å². The summed E-state index contributed by atoms with van der Waals surface area (Å²) in [6, 6.07) is 13.2. The van der Waals surface area contributed by atoms with E-state index in [2.05, 4.69) is 30.4 Å².